The van der Waals surface area contributed by atoms with E-state index in [2.05, 4.69) is 4.72 Å². The third kappa shape index (κ3) is 3.89. The number of nitrogens with zero attached hydrogens (tertiary/aromatic N) is 1. The molecule has 2 aromatic rings. The molecule has 1 saturated heterocycles. The lowest BCUT2D eigenvalue weighted by molar-refractivity contribution is 0.0743. The van der Waals surface area contributed by atoms with E-state index in [1.54, 1.807) is 42.5 Å². The van der Waals surface area contributed by atoms with Gasteiger partial charge in [-0.1, -0.05) is 18.2 Å². The normalized spacial score (nSPS) is 20.2. The number of carbonyl (C=O) groups is 1. The Hall–Kier alpha value is -2.38. The van der Waals surface area contributed by atoms with Gasteiger partial charge in [-0.2, -0.15) is 0 Å². The number of nitrogens with two attached hydrogens (primary N) is 1. The van der Waals surface area contributed by atoms with Crippen molar-refractivity contribution >= 4 is 21.6 Å². The molecule has 6 nitrogen and oxygen atoms in total. The molecule has 1 fully saturated rings. The van der Waals surface area contributed by atoms with E-state index >= 15 is 0 Å². The molecule has 1 aliphatic heterocycles. The van der Waals surface area contributed by atoms with Crippen LogP contribution in [0.1, 0.15) is 23.7 Å². The molecule has 3 N–H and O–H groups in total. The van der Waals surface area contributed by atoms with E-state index in [0.29, 0.717) is 30.3 Å². The molecule has 1 heterocycles. The molecule has 1 aliphatic rings. The summed E-state index contributed by atoms with van der Waals surface area (Å²) in [5.41, 5.74) is 6.68. The van der Waals surface area contributed by atoms with Gasteiger partial charge in [0.1, 0.15) is 0 Å². The van der Waals surface area contributed by atoms with E-state index in [0.717, 1.165) is 6.42 Å². The predicted molar refractivity (Wildman–Crippen MR) is 101 cm³/mol. The van der Waals surface area contributed by atoms with Crippen molar-refractivity contribution in [2.75, 3.05) is 17.8 Å². The van der Waals surface area contributed by atoms with Crippen LogP contribution in [0.4, 0.5) is 5.69 Å². The number of anilines is 1. The summed E-state index contributed by atoms with van der Waals surface area (Å²) < 4.78 is 27.2. The third-order valence-corrected chi connectivity index (χ3v) is 6.09. The van der Waals surface area contributed by atoms with Crippen molar-refractivity contribution in [3.63, 3.8) is 0 Å². The largest absolute Gasteiger partial charge is 0.336 e. The quantitative estimate of drug-likeness (QED) is 0.841. The monoisotopic (exact) mass is 373 g/mol. The molecule has 0 bridgehead atoms. The van der Waals surface area contributed by atoms with Crippen molar-refractivity contribution in [2.24, 2.45) is 11.7 Å². The van der Waals surface area contributed by atoms with Gasteiger partial charge in [-0.05, 0) is 62.2 Å². The molecule has 2 aromatic carbocycles. The van der Waals surface area contributed by atoms with Gasteiger partial charge in [0.05, 0.1) is 4.90 Å². The van der Waals surface area contributed by atoms with Crippen LogP contribution in [0.2, 0.25) is 0 Å². The van der Waals surface area contributed by atoms with Crippen molar-refractivity contribution in [1.82, 2.24) is 4.90 Å². The summed E-state index contributed by atoms with van der Waals surface area (Å²) >= 11 is 0. The fourth-order valence-corrected chi connectivity index (χ4v) is 4.34. The Bertz CT molecular complexity index is 867. The Morgan fingerprint density at radius 2 is 1.81 bits per heavy atom. The molecule has 2 atom stereocenters. The first-order chi connectivity index (χ1) is 12.4. The van der Waals surface area contributed by atoms with Gasteiger partial charge in [0, 0.05) is 23.8 Å². The Labute approximate surface area is 154 Å². The van der Waals surface area contributed by atoms with Crippen molar-refractivity contribution in [3.05, 3.63) is 60.2 Å². The number of carbonyl (C=O) groups excluding carboxylic acids is 1. The van der Waals surface area contributed by atoms with Crippen molar-refractivity contribution in [2.45, 2.75) is 24.3 Å². The summed E-state index contributed by atoms with van der Waals surface area (Å²) in [7, 11) is -3.64. The zero-order valence-corrected chi connectivity index (χ0v) is 15.4. The Balaban J connectivity index is 1.72. The summed E-state index contributed by atoms with van der Waals surface area (Å²) in [4.78, 5) is 14.7. The minimum Gasteiger partial charge on any atom is -0.336 e. The molecular weight excluding hydrogens is 350 g/mol. The SMILES string of the molecule is CC1CC(CN)CN1C(=O)c1ccc(NS(=O)(=O)c2ccccc2)cc1. The third-order valence-electron chi connectivity index (χ3n) is 4.69. The van der Waals surface area contributed by atoms with Crippen LogP contribution in [-0.4, -0.2) is 38.4 Å². The smallest absolute Gasteiger partial charge is 0.261 e. The zero-order valence-electron chi connectivity index (χ0n) is 14.6. The van der Waals surface area contributed by atoms with Crippen LogP contribution in [0.15, 0.2) is 59.5 Å². The van der Waals surface area contributed by atoms with E-state index < -0.39 is 10.0 Å². The van der Waals surface area contributed by atoms with Crippen molar-refractivity contribution in [1.29, 1.82) is 0 Å². The van der Waals surface area contributed by atoms with E-state index in [9.17, 15) is 13.2 Å². The van der Waals surface area contributed by atoms with Gasteiger partial charge in [-0.25, -0.2) is 8.42 Å². The second-order valence-electron chi connectivity index (χ2n) is 6.64. The van der Waals surface area contributed by atoms with Crippen LogP contribution in [-0.2, 0) is 10.0 Å². The summed E-state index contributed by atoms with van der Waals surface area (Å²) in [5.74, 6) is 0.289. The first-order valence-corrected chi connectivity index (χ1v) is 10.1. The molecule has 0 radical (unpaired) electrons. The first-order valence-electron chi connectivity index (χ1n) is 8.59. The fourth-order valence-electron chi connectivity index (χ4n) is 3.26. The summed E-state index contributed by atoms with van der Waals surface area (Å²) in [6, 6.07) is 14.8. The molecule has 0 saturated carbocycles. The first kappa shape index (κ1) is 18.4. The van der Waals surface area contributed by atoms with Crippen LogP contribution >= 0.6 is 0 Å². The molecule has 3 rings (SSSR count). The number of rotatable bonds is 5. The second kappa shape index (κ2) is 7.47. The van der Waals surface area contributed by atoms with Crippen LogP contribution in [0, 0.1) is 5.92 Å². The number of hydrogen-bond donors (Lipinski definition) is 2. The second-order valence-corrected chi connectivity index (χ2v) is 8.32. The summed E-state index contributed by atoms with van der Waals surface area (Å²) in [6.45, 7) is 3.27. The number of amides is 1. The molecule has 1 amide bonds. The number of sulfonamides is 1. The number of benzene rings is 2. The van der Waals surface area contributed by atoms with E-state index in [4.69, 9.17) is 5.73 Å². The molecule has 0 aromatic heterocycles. The van der Waals surface area contributed by atoms with Gasteiger partial charge >= 0.3 is 0 Å². The minimum atomic E-state index is -3.64. The van der Waals surface area contributed by atoms with Crippen LogP contribution < -0.4 is 10.5 Å². The fraction of sp³-hybridized carbons (Fsp3) is 0.316. The summed E-state index contributed by atoms with van der Waals surface area (Å²) in [6.07, 6.45) is 0.914. The highest BCUT2D eigenvalue weighted by Crippen LogP contribution is 2.25. The number of nitrogens with one attached hydrogen (secondary N) is 1. The van der Waals surface area contributed by atoms with Crippen LogP contribution in [0.5, 0.6) is 0 Å². The van der Waals surface area contributed by atoms with E-state index in [-0.39, 0.29) is 16.8 Å². The molecule has 0 spiro atoms. The van der Waals surface area contributed by atoms with Gasteiger partial charge in [0.2, 0.25) is 0 Å². The van der Waals surface area contributed by atoms with Gasteiger partial charge in [0.25, 0.3) is 15.9 Å². The highest BCUT2D eigenvalue weighted by molar-refractivity contribution is 7.92. The van der Waals surface area contributed by atoms with E-state index in [1.807, 2.05) is 11.8 Å². The zero-order chi connectivity index (χ0) is 18.7. The molecular formula is C19H23N3O3S. The van der Waals surface area contributed by atoms with Gasteiger partial charge in [-0.3, -0.25) is 9.52 Å². The van der Waals surface area contributed by atoms with E-state index in [1.165, 1.54) is 12.1 Å². The van der Waals surface area contributed by atoms with Crippen molar-refractivity contribution < 1.29 is 13.2 Å². The van der Waals surface area contributed by atoms with Gasteiger partial charge in [-0.15, -0.1) is 0 Å². The highest BCUT2D eigenvalue weighted by atomic mass is 32.2. The molecule has 2 unspecified atom stereocenters. The topological polar surface area (TPSA) is 92.5 Å². The van der Waals surface area contributed by atoms with Gasteiger partial charge < -0.3 is 10.6 Å². The number of likely N-dealkylation sites (tertiary alicyclic amines) is 1. The predicted octanol–water partition coefficient (Wildman–Crippen LogP) is 2.30. The lowest BCUT2D eigenvalue weighted by Gasteiger charge is -2.21. The Morgan fingerprint density at radius 1 is 1.15 bits per heavy atom. The molecule has 138 valence electrons. The maximum absolute atomic E-state index is 12.7. The molecule has 0 aliphatic carbocycles. The average molecular weight is 373 g/mol. The lowest BCUT2D eigenvalue weighted by atomic mass is 10.1. The van der Waals surface area contributed by atoms with Crippen molar-refractivity contribution in [3.8, 4) is 0 Å². The summed E-state index contributed by atoms with van der Waals surface area (Å²) in [5, 5.41) is 0. The molecule has 7 heteroatoms. The maximum atomic E-state index is 12.7. The number of hydrogen-bond acceptors (Lipinski definition) is 4. The lowest BCUT2D eigenvalue weighted by Crippen LogP contribution is -2.34. The average Bonchev–Trinajstić information content (AvgIpc) is 3.03. The minimum absolute atomic E-state index is 0.0501. The maximum Gasteiger partial charge on any atom is 0.261 e. The highest BCUT2D eigenvalue weighted by Gasteiger charge is 2.32. The van der Waals surface area contributed by atoms with Crippen LogP contribution in [0.25, 0.3) is 0 Å². The Kier molecular flexibility index (Phi) is 5.29. The van der Waals surface area contributed by atoms with Crippen LogP contribution in [0.3, 0.4) is 0 Å². The standard InChI is InChI=1S/C19H23N3O3S/c1-14-11-15(12-20)13-22(14)19(23)16-7-9-17(10-8-16)21-26(24,25)18-5-3-2-4-6-18/h2-10,14-15,21H,11-13,20H2,1H3. The molecule has 26 heavy (non-hydrogen) atoms. The Morgan fingerprint density at radius 3 is 2.38 bits per heavy atom. The van der Waals surface area contributed by atoms with Gasteiger partial charge in [0.15, 0.2) is 0 Å².